The van der Waals surface area contributed by atoms with E-state index in [0.717, 1.165) is 5.56 Å². The normalized spacial score (nSPS) is 12.5. The second-order valence-electron chi connectivity index (χ2n) is 4.94. The third-order valence-corrected chi connectivity index (χ3v) is 3.74. The quantitative estimate of drug-likeness (QED) is 0.799. The molecule has 4 heteroatoms. The van der Waals surface area contributed by atoms with E-state index in [1.54, 1.807) is 0 Å². The summed E-state index contributed by atoms with van der Waals surface area (Å²) in [5, 5.41) is 21.5. The minimum atomic E-state index is -0.996. The predicted octanol–water partition coefficient (Wildman–Crippen LogP) is 2.04. The maximum atomic E-state index is 12.3. The van der Waals surface area contributed by atoms with Gasteiger partial charge in [-0.05, 0) is 24.8 Å². The second kappa shape index (κ2) is 7.66. The molecule has 1 amide bonds. The van der Waals surface area contributed by atoms with Crippen LogP contribution < -0.4 is 5.32 Å². The number of nitriles is 1. The zero-order valence-electron chi connectivity index (χ0n) is 12.1. The molecular formula is C16H22N2O2. The lowest BCUT2D eigenvalue weighted by Crippen LogP contribution is -2.47. The highest BCUT2D eigenvalue weighted by molar-refractivity contribution is 5.85. The van der Waals surface area contributed by atoms with Crippen molar-refractivity contribution >= 4 is 5.91 Å². The lowest BCUT2D eigenvalue weighted by molar-refractivity contribution is -0.129. The van der Waals surface area contributed by atoms with Gasteiger partial charge in [0.15, 0.2) is 0 Å². The van der Waals surface area contributed by atoms with Gasteiger partial charge in [0.2, 0.25) is 5.91 Å². The number of benzene rings is 1. The number of amides is 1. The minimum absolute atomic E-state index is 0.143. The summed E-state index contributed by atoms with van der Waals surface area (Å²) in [7, 11) is 0. The number of carbonyl (C=O) groups is 1. The Kier molecular flexibility index (Phi) is 6.20. The highest BCUT2D eigenvalue weighted by Gasteiger charge is 2.35. The summed E-state index contributed by atoms with van der Waals surface area (Å²) in [6.45, 7) is 3.52. The first-order chi connectivity index (χ1) is 9.61. The number of aliphatic hydroxyl groups excluding tert-OH is 1. The average Bonchev–Trinajstić information content (AvgIpc) is 2.50. The number of nitrogens with one attached hydrogen (secondary N) is 1. The first kappa shape index (κ1) is 16.2. The van der Waals surface area contributed by atoms with E-state index in [4.69, 9.17) is 0 Å². The summed E-state index contributed by atoms with van der Waals surface area (Å²) < 4.78 is 0. The van der Waals surface area contributed by atoms with Crippen LogP contribution in [0.2, 0.25) is 0 Å². The van der Waals surface area contributed by atoms with Gasteiger partial charge in [-0.25, -0.2) is 0 Å². The largest absolute Gasteiger partial charge is 0.394 e. The zero-order chi connectivity index (χ0) is 15.0. The fraction of sp³-hybridized carbons (Fsp3) is 0.500. The van der Waals surface area contributed by atoms with Crippen LogP contribution in [0.3, 0.4) is 0 Å². The highest BCUT2D eigenvalue weighted by Crippen LogP contribution is 2.25. The van der Waals surface area contributed by atoms with Gasteiger partial charge in [-0.3, -0.25) is 4.79 Å². The lowest BCUT2D eigenvalue weighted by atomic mass is 9.82. The number of carbonyl (C=O) groups excluding carboxylic acids is 1. The zero-order valence-corrected chi connectivity index (χ0v) is 12.1. The highest BCUT2D eigenvalue weighted by atomic mass is 16.3. The summed E-state index contributed by atoms with van der Waals surface area (Å²) >= 11 is 0. The van der Waals surface area contributed by atoms with Crippen LogP contribution in [-0.2, 0) is 11.2 Å². The average molecular weight is 274 g/mol. The van der Waals surface area contributed by atoms with E-state index < -0.39 is 5.41 Å². The monoisotopic (exact) mass is 274 g/mol. The summed E-state index contributed by atoms with van der Waals surface area (Å²) in [4.78, 5) is 12.3. The fourth-order valence-corrected chi connectivity index (χ4v) is 2.16. The van der Waals surface area contributed by atoms with Gasteiger partial charge in [0.25, 0.3) is 0 Å². The van der Waals surface area contributed by atoms with Gasteiger partial charge in [0.1, 0.15) is 5.41 Å². The molecule has 0 aliphatic rings. The Labute approximate surface area is 120 Å². The molecule has 0 heterocycles. The predicted molar refractivity (Wildman–Crippen MR) is 77.8 cm³/mol. The molecule has 0 saturated carbocycles. The van der Waals surface area contributed by atoms with Crippen molar-refractivity contribution in [1.82, 2.24) is 5.32 Å². The van der Waals surface area contributed by atoms with Crippen molar-refractivity contribution in [3.63, 3.8) is 0 Å². The molecule has 0 aliphatic heterocycles. The Morgan fingerprint density at radius 3 is 2.40 bits per heavy atom. The van der Waals surface area contributed by atoms with Crippen LogP contribution in [0.15, 0.2) is 30.3 Å². The molecule has 0 spiro atoms. The van der Waals surface area contributed by atoms with Crippen molar-refractivity contribution in [3.05, 3.63) is 35.9 Å². The Balaban J connectivity index is 2.74. The summed E-state index contributed by atoms with van der Waals surface area (Å²) in [6, 6.07) is 11.4. The summed E-state index contributed by atoms with van der Waals surface area (Å²) in [5.74, 6) is -0.292. The van der Waals surface area contributed by atoms with Gasteiger partial charge in [-0.2, -0.15) is 5.26 Å². The maximum Gasteiger partial charge on any atom is 0.240 e. The van der Waals surface area contributed by atoms with E-state index >= 15 is 0 Å². The number of nitrogens with zero attached hydrogens (tertiary/aromatic N) is 1. The molecule has 1 atom stereocenters. The van der Waals surface area contributed by atoms with E-state index in [1.165, 1.54) is 0 Å². The van der Waals surface area contributed by atoms with Gasteiger partial charge in [0, 0.05) is 0 Å². The molecule has 0 saturated heterocycles. The smallest absolute Gasteiger partial charge is 0.240 e. The molecule has 1 rings (SSSR count). The van der Waals surface area contributed by atoms with Crippen LogP contribution in [0.5, 0.6) is 0 Å². The van der Waals surface area contributed by atoms with E-state index in [2.05, 4.69) is 11.4 Å². The number of aliphatic hydroxyl groups is 1. The number of hydrogen-bond acceptors (Lipinski definition) is 3. The van der Waals surface area contributed by atoms with Crippen LogP contribution in [0.4, 0.5) is 0 Å². The topological polar surface area (TPSA) is 73.1 Å². The van der Waals surface area contributed by atoms with Crippen molar-refractivity contribution in [2.75, 3.05) is 6.61 Å². The Morgan fingerprint density at radius 2 is 1.95 bits per heavy atom. The maximum absolute atomic E-state index is 12.3. The third kappa shape index (κ3) is 3.82. The molecule has 2 N–H and O–H groups in total. The van der Waals surface area contributed by atoms with Gasteiger partial charge in [-0.1, -0.05) is 44.2 Å². The Bertz CT molecular complexity index is 461. The standard InChI is InChI=1S/C16H22N2O2/c1-3-16(4-2,12-17)15(20)18-14(11-19)10-13-8-6-5-7-9-13/h5-9,14,19H,3-4,10-11H2,1-2H3,(H,18,20)/t14-/m1/s1. The van der Waals surface area contributed by atoms with Gasteiger partial charge in [0.05, 0.1) is 18.7 Å². The molecule has 0 aromatic heterocycles. The molecule has 1 aromatic carbocycles. The third-order valence-electron chi connectivity index (χ3n) is 3.74. The molecular weight excluding hydrogens is 252 g/mol. The SMILES string of the molecule is CCC(C#N)(CC)C(=O)N[C@@H](CO)Cc1ccccc1. The van der Waals surface area contributed by atoms with Crippen LogP contribution in [0.1, 0.15) is 32.3 Å². The van der Waals surface area contributed by atoms with Crippen LogP contribution in [-0.4, -0.2) is 23.7 Å². The van der Waals surface area contributed by atoms with E-state index in [0.29, 0.717) is 19.3 Å². The Hall–Kier alpha value is -1.86. The number of rotatable bonds is 7. The molecule has 0 aliphatic carbocycles. The molecule has 20 heavy (non-hydrogen) atoms. The molecule has 1 aromatic rings. The van der Waals surface area contributed by atoms with Crippen LogP contribution in [0.25, 0.3) is 0 Å². The van der Waals surface area contributed by atoms with Crippen molar-refractivity contribution in [3.8, 4) is 6.07 Å². The van der Waals surface area contributed by atoms with Gasteiger partial charge < -0.3 is 10.4 Å². The molecule has 0 fully saturated rings. The molecule has 0 unspecified atom stereocenters. The summed E-state index contributed by atoms with van der Waals surface area (Å²) in [6.07, 6.45) is 1.49. The van der Waals surface area contributed by atoms with Gasteiger partial charge in [-0.15, -0.1) is 0 Å². The van der Waals surface area contributed by atoms with Crippen molar-refractivity contribution < 1.29 is 9.90 Å². The van der Waals surface area contributed by atoms with Crippen molar-refractivity contribution in [2.24, 2.45) is 5.41 Å². The minimum Gasteiger partial charge on any atom is -0.394 e. The van der Waals surface area contributed by atoms with Crippen molar-refractivity contribution in [1.29, 1.82) is 5.26 Å². The number of hydrogen-bond donors (Lipinski definition) is 2. The first-order valence-corrected chi connectivity index (χ1v) is 6.98. The molecule has 0 radical (unpaired) electrons. The van der Waals surface area contributed by atoms with Gasteiger partial charge >= 0.3 is 0 Å². The van der Waals surface area contributed by atoms with E-state index in [-0.39, 0.29) is 18.6 Å². The van der Waals surface area contributed by atoms with Crippen LogP contribution in [0, 0.1) is 16.7 Å². The summed E-state index contributed by atoms with van der Waals surface area (Å²) in [5.41, 5.74) is 0.0480. The van der Waals surface area contributed by atoms with Crippen molar-refractivity contribution in [2.45, 2.75) is 39.2 Å². The first-order valence-electron chi connectivity index (χ1n) is 6.98. The second-order valence-corrected chi connectivity index (χ2v) is 4.94. The Morgan fingerprint density at radius 1 is 1.35 bits per heavy atom. The fourth-order valence-electron chi connectivity index (χ4n) is 2.16. The lowest BCUT2D eigenvalue weighted by Gasteiger charge is -2.25. The van der Waals surface area contributed by atoms with Crippen LogP contribution >= 0.6 is 0 Å². The molecule has 108 valence electrons. The molecule has 0 bridgehead atoms. The van der Waals surface area contributed by atoms with E-state index in [1.807, 2.05) is 44.2 Å². The van der Waals surface area contributed by atoms with E-state index in [9.17, 15) is 15.2 Å². The molecule has 4 nitrogen and oxygen atoms in total.